The zero-order valence-electron chi connectivity index (χ0n) is 11.9. The van der Waals surface area contributed by atoms with E-state index < -0.39 is 0 Å². The average molecular weight is 270 g/mol. The van der Waals surface area contributed by atoms with E-state index in [-0.39, 0.29) is 5.91 Å². The highest BCUT2D eigenvalue weighted by atomic mass is 16.2. The van der Waals surface area contributed by atoms with E-state index >= 15 is 0 Å². The summed E-state index contributed by atoms with van der Waals surface area (Å²) in [5.74, 6) is -0.105. The second-order valence-corrected chi connectivity index (χ2v) is 4.74. The first-order valence-corrected chi connectivity index (χ1v) is 6.25. The second-order valence-electron chi connectivity index (χ2n) is 4.74. The van der Waals surface area contributed by atoms with Gasteiger partial charge in [-0.05, 0) is 24.3 Å². The number of amides is 1. The lowest BCUT2D eigenvalue weighted by Crippen LogP contribution is -2.27. The minimum Gasteiger partial charge on any atom is -0.396 e. The van der Waals surface area contributed by atoms with E-state index in [4.69, 9.17) is 5.73 Å². The van der Waals surface area contributed by atoms with Crippen LogP contribution in [-0.2, 0) is 0 Å². The van der Waals surface area contributed by atoms with Crippen LogP contribution in [0.4, 0.5) is 17.1 Å². The normalized spacial score (nSPS) is 10.2. The van der Waals surface area contributed by atoms with Crippen LogP contribution in [0, 0.1) is 0 Å². The van der Waals surface area contributed by atoms with Crippen molar-refractivity contribution in [2.75, 3.05) is 36.7 Å². The van der Waals surface area contributed by atoms with Gasteiger partial charge in [-0.1, -0.05) is 6.07 Å². The molecule has 0 radical (unpaired) electrons. The summed E-state index contributed by atoms with van der Waals surface area (Å²) in [6.07, 6.45) is 3.15. The van der Waals surface area contributed by atoms with Crippen LogP contribution in [0.5, 0.6) is 0 Å². The Bertz CT molecular complexity index is 625. The molecular formula is C15H18N4O. The van der Waals surface area contributed by atoms with E-state index in [1.54, 1.807) is 25.4 Å². The number of aromatic nitrogens is 1. The van der Waals surface area contributed by atoms with Gasteiger partial charge in [0.05, 0.1) is 17.6 Å². The van der Waals surface area contributed by atoms with Crippen LogP contribution in [0.2, 0.25) is 0 Å². The molecule has 0 spiro atoms. The van der Waals surface area contributed by atoms with Crippen LogP contribution >= 0.6 is 0 Å². The number of benzene rings is 1. The predicted octanol–water partition coefficient (Wildman–Crippen LogP) is 2.01. The molecule has 2 N–H and O–H groups in total. The minimum atomic E-state index is -0.105. The number of carbonyl (C=O) groups is 1. The molecule has 20 heavy (non-hydrogen) atoms. The molecule has 1 aromatic carbocycles. The van der Waals surface area contributed by atoms with Gasteiger partial charge in [-0.15, -0.1) is 0 Å². The Kier molecular flexibility index (Phi) is 3.89. The molecule has 0 atom stereocenters. The topological polar surface area (TPSA) is 62.5 Å². The van der Waals surface area contributed by atoms with Crippen molar-refractivity contribution in [3.8, 4) is 0 Å². The molecule has 2 aromatic rings. The minimum absolute atomic E-state index is 0.105. The lowest BCUT2D eigenvalue weighted by molar-refractivity contribution is 0.0993. The number of hydrogen-bond acceptors (Lipinski definition) is 4. The van der Waals surface area contributed by atoms with Crippen LogP contribution in [-0.4, -0.2) is 32.0 Å². The van der Waals surface area contributed by atoms with Crippen molar-refractivity contribution in [3.05, 3.63) is 48.3 Å². The monoisotopic (exact) mass is 270 g/mol. The van der Waals surface area contributed by atoms with Crippen molar-refractivity contribution in [3.63, 3.8) is 0 Å². The lowest BCUT2D eigenvalue weighted by Gasteiger charge is -2.20. The van der Waals surface area contributed by atoms with Gasteiger partial charge in [-0.25, -0.2) is 0 Å². The Hall–Kier alpha value is -2.56. The Balaban J connectivity index is 2.32. The summed E-state index contributed by atoms with van der Waals surface area (Å²) in [4.78, 5) is 19.9. The number of pyridine rings is 1. The number of nitrogen functional groups attached to an aromatic ring is 1. The van der Waals surface area contributed by atoms with Crippen molar-refractivity contribution >= 4 is 23.0 Å². The fourth-order valence-electron chi connectivity index (χ4n) is 1.92. The molecule has 0 aliphatic rings. The number of hydrogen-bond donors (Lipinski definition) is 1. The fraction of sp³-hybridized carbons (Fsp3) is 0.200. The van der Waals surface area contributed by atoms with Gasteiger partial charge < -0.3 is 15.5 Å². The third kappa shape index (κ3) is 2.71. The molecule has 0 unspecified atom stereocenters. The molecule has 5 nitrogen and oxygen atoms in total. The molecule has 0 aliphatic carbocycles. The molecule has 0 saturated carbocycles. The first-order valence-electron chi connectivity index (χ1n) is 6.25. The molecule has 1 amide bonds. The Morgan fingerprint density at radius 2 is 1.95 bits per heavy atom. The van der Waals surface area contributed by atoms with Crippen molar-refractivity contribution in [2.24, 2.45) is 0 Å². The van der Waals surface area contributed by atoms with Crippen molar-refractivity contribution in [1.82, 2.24) is 4.98 Å². The predicted molar refractivity (Wildman–Crippen MR) is 82.2 cm³/mol. The van der Waals surface area contributed by atoms with Crippen molar-refractivity contribution in [1.29, 1.82) is 0 Å². The van der Waals surface area contributed by atoms with E-state index in [0.29, 0.717) is 16.9 Å². The molecule has 0 bridgehead atoms. The third-order valence-corrected chi connectivity index (χ3v) is 3.10. The third-order valence-electron chi connectivity index (χ3n) is 3.10. The number of carbonyl (C=O) groups excluding carboxylic acids is 1. The number of rotatable bonds is 3. The fourth-order valence-corrected chi connectivity index (χ4v) is 1.92. The summed E-state index contributed by atoms with van der Waals surface area (Å²) < 4.78 is 0. The summed E-state index contributed by atoms with van der Waals surface area (Å²) in [5, 5.41) is 0. The lowest BCUT2D eigenvalue weighted by atomic mass is 10.1. The Morgan fingerprint density at radius 3 is 2.60 bits per heavy atom. The molecule has 0 saturated heterocycles. The molecule has 1 heterocycles. The quantitative estimate of drug-likeness (QED) is 0.926. The summed E-state index contributed by atoms with van der Waals surface area (Å²) in [5.41, 5.74) is 8.58. The number of nitrogens with zero attached hydrogens (tertiary/aromatic N) is 3. The van der Waals surface area contributed by atoms with Crippen LogP contribution in [0.3, 0.4) is 0 Å². The van der Waals surface area contributed by atoms with E-state index in [2.05, 4.69) is 4.98 Å². The average Bonchev–Trinajstić information content (AvgIpc) is 2.46. The summed E-state index contributed by atoms with van der Waals surface area (Å²) in [6.45, 7) is 0. The van der Waals surface area contributed by atoms with Gasteiger partial charge in [-0.2, -0.15) is 0 Å². The number of anilines is 3. The first kappa shape index (κ1) is 13.9. The summed E-state index contributed by atoms with van der Waals surface area (Å²) in [7, 11) is 5.58. The highest BCUT2D eigenvalue weighted by Gasteiger charge is 2.16. The van der Waals surface area contributed by atoms with Crippen molar-refractivity contribution in [2.45, 2.75) is 0 Å². The maximum Gasteiger partial charge on any atom is 0.258 e. The Morgan fingerprint density at radius 1 is 1.20 bits per heavy atom. The summed E-state index contributed by atoms with van der Waals surface area (Å²) in [6, 6.07) is 9.20. The molecular weight excluding hydrogens is 252 g/mol. The maximum atomic E-state index is 12.5. The highest BCUT2D eigenvalue weighted by molar-refractivity contribution is 6.07. The summed E-state index contributed by atoms with van der Waals surface area (Å²) >= 11 is 0. The van der Waals surface area contributed by atoms with Gasteiger partial charge in [0.2, 0.25) is 0 Å². The molecule has 5 heteroatoms. The Labute approximate surface area is 118 Å². The largest absolute Gasteiger partial charge is 0.396 e. The van der Waals surface area contributed by atoms with Gasteiger partial charge in [-0.3, -0.25) is 9.78 Å². The van der Waals surface area contributed by atoms with E-state index in [0.717, 1.165) is 5.69 Å². The van der Waals surface area contributed by atoms with Crippen LogP contribution in [0.1, 0.15) is 10.4 Å². The first-order chi connectivity index (χ1) is 9.50. The smallest absolute Gasteiger partial charge is 0.258 e. The standard InChI is InChI=1S/C15H18N4O/c1-18(2)12-6-4-5-11(9-12)15(20)19(3)14-7-8-17-10-13(14)16/h4-10H,16H2,1-3H3. The molecule has 104 valence electrons. The van der Waals surface area contributed by atoms with E-state index in [1.807, 2.05) is 37.2 Å². The van der Waals surface area contributed by atoms with E-state index in [9.17, 15) is 4.79 Å². The van der Waals surface area contributed by atoms with Gasteiger partial charge in [0.25, 0.3) is 5.91 Å². The zero-order chi connectivity index (χ0) is 14.7. The number of nitrogens with two attached hydrogens (primary N) is 1. The zero-order valence-corrected chi connectivity index (χ0v) is 11.9. The van der Waals surface area contributed by atoms with E-state index in [1.165, 1.54) is 11.1 Å². The van der Waals surface area contributed by atoms with Gasteiger partial charge in [0, 0.05) is 38.6 Å². The van der Waals surface area contributed by atoms with Crippen LogP contribution in [0.15, 0.2) is 42.7 Å². The second kappa shape index (κ2) is 5.61. The highest BCUT2D eigenvalue weighted by Crippen LogP contribution is 2.23. The van der Waals surface area contributed by atoms with Crippen LogP contribution in [0.25, 0.3) is 0 Å². The van der Waals surface area contributed by atoms with Gasteiger partial charge in [0.15, 0.2) is 0 Å². The van der Waals surface area contributed by atoms with Gasteiger partial charge in [0.1, 0.15) is 0 Å². The SMILES string of the molecule is CN(C)c1cccc(C(=O)N(C)c2ccncc2N)c1. The van der Waals surface area contributed by atoms with Crippen LogP contribution < -0.4 is 15.5 Å². The molecule has 0 aliphatic heterocycles. The van der Waals surface area contributed by atoms with Gasteiger partial charge >= 0.3 is 0 Å². The molecule has 0 fully saturated rings. The maximum absolute atomic E-state index is 12.5. The van der Waals surface area contributed by atoms with Crippen molar-refractivity contribution < 1.29 is 4.79 Å². The molecule has 1 aromatic heterocycles. The molecule has 2 rings (SSSR count).